The molecule has 0 bridgehead atoms. The highest BCUT2D eigenvalue weighted by Crippen LogP contribution is 2.17. The fraction of sp³-hybridized carbons (Fsp3) is 0.935. The van der Waals surface area contributed by atoms with E-state index in [9.17, 15) is 14.4 Å². The van der Waals surface area contributed by atoms with Crippen LogP contribution in [-0.2, 0) is 28.6 Å². The summed E-state index contributed by atoms with van der Waals surface area (Å²) < 4.78 is 16.6. The summed E-state index contributed by atoms with van der Waals surface area (Å²) in [5, 5.41) is 0. The first kappa shape index (κ1) is 50.4. The van der Waals surface area contributed by atoms with E-state index in [1.807, 2.05) is 0 Å². The number of unbranched alkanes of at least 4 members (excludes halogenated alkanes) is 27. The lowest BCUT2D eigenvalue weighted by Gasteiger charge is -2.18. The molecule has 52 heavy (non-hydrogen) atoms. The van der Waals surface area contributed by atoms with E-state index < -0.39 is 6.10 Å². The second-order valence-electron chi connectivity index (χ2n) is 15.9. The minimum Gasteiger partial charge on any atom is -0.462 e. The minimum atomic E-state index is -0.758. The Morgan fingerprint density at radius 3 is 1.00 bits per heavy atom. The first-order chi connectivity index (χ1) is 25.4. The third-order valence-corrected chi connectivity index (χ3v) is 10.7. The van der Waals surface area contributed by atoms with E-state index in [1.54, 1.807) is 0 Å². The van der Waals surface area contributed by atoms with Crippen LogP contribution in [0.25, 0.3) is 0 Å². The van der Waals surface area contributed by atoms with E-state index in [1.165, 1.54) is 141 Å². The summed E-state index contributed by atoms with van der Waals surface area (Å²) in [6.07, 6.45) is 39.9. The van der Waals surface area contributed by atoms with Gasteiger partial charge in [0.15, 0.2) is 6.10 Å². The zero-order chi connectivity index (χ0) is 38.2. The predicted molar refractivity (Wildman–Crippen MR) is 220 cm³/mol. The molecule has 0 fully saturated rings. The van der Waals surface area contributed by atoms with E-state index in [-0.39, 0.29) is 31.1 Å². The molecule has 0 radical (unpaired) electrons. The zero-order valence-electron chi connectivity index (χ0n) is 35.3. The Morgan fingerprint density at radius 2 is 0.673 bits per heavy atom. The van der Waals surface area contributed by atoms with Gasteiger partial charge in [0.25, 0.3) is 0 Å². The topological polar surface area (TPSA) is 78.9 Å². The molecule has 0 aliphatic heterocycles. The molecule has 0 spiro atoms. The van der Waals surface area contributed by atoms with Crippen molar-refractivity contribution in [2.75, 3.05) is 13.2 Å². The van der Waals surface area contributed by atoms with Crippen LogP contribution < -0.4 is 0 Å². The second kappa shape index (κ2) is 40.6. The summed E-state index contributed by atoms with van der Waals surface area (Å²) in [4.78, 5) is 37.4. The Morgan fingerprint density at radius 1 is 0.385 bits per heavy atom. The van der Waals surface area contributed by atoms with Crippen LogP contribution >= 0.6 is 0 Å². The summed E-state index contributed by atoms with van der Waals surface area (Å²) in [5.74, 6) is -0.0582. The van der Waals surface area contributed by atoms with Crippen LogP contribution in [0.3, 0.4) is 0 Å². The van der Waals surface area contributed by atoms with Crippen molar-refractivity contribution in [2.45, 2.75) is 259 Å². The van der Waals surface area contributed by atoms with Crippen molar-refractivity contribution in [1.82, 2.24) is 0 Å². The van der Waals surface area contributed by atoms with Gasteiger partial charge >= 0.3 is 17.9 Å². The summed E-state index contributed by atoms with van der Waals surface area (Å²) in [6, 6.07) is 0. The lowest BCUT2D eigenvalue weighted by molar-refractivity contribution is -0.167. The SMILES string of the molecule is CCCCCCCCCCCCCCCCCCCCCC(=O)OC[C@@H](COC(=O)CCCCCCCCC(C)CC)OC(=O)CCCCCCC. The number of carbonyl (C=O) groups is 3. The third-order valence-electron chi connectivity index (χ3n) is 10.7. The van der Waals surface area contributed by atoms with Gasteiger partial charge in [-0.1, -0.05) is 214 Å². The fourth-order valence-electron chi connectivity index (χ4n) is 6.77. The monoisotopic (exact) mass is 737 g/mol. The van der Waals surface area contributed by atoms with Crippen LogP contribution in [0.15, 0.2) is 0 Å². The predicted octanol–water partition coefficient (Wildman–Crippen LogP) is 14.3. The Labute approximate surface area is 323 Å². The van der Waals surface area contributed by atoms with Gasteiger partial charge in [0.1, 0.15) is 13.2 Å². The molecule has 0 aliphatic rings. The molecule has 2 atom stereocenters. The summed E-state index contributed by atoms with van der Waals surface area (Å²) in [5.41, 5.74) is 0. The number of carbonyl (C=O) groups excluding carboxylic acids is 3. The first-order valence-electron chi connectivity index (χ1n) is 22.9. The summed E-state index contributed by atoms with van der Waals surface area (Å²) in [7, 11) is 0. The molecular weight excluding hydrogens is 649 g/mol. The molecule has 0 N–H and O–H groups in total. The van der Waals surface area contributed by atoms with Crippen LogP contribution in [0.1, 0.15) is 252 Å². The van der Waals surface area contributed by atoms with Gasteiger partial charge in [-0.3, -0.25) is 14.4 Å². The maximum Gasteiger partial charge on any atom is 0.306 e. The van der Waals surface area contributed by atoms with E-state index >= 15 is 0 Å². The Balaban J connectivity index is 4.07. The van der Waals surface area contributed by atoms with Crippen LogP contribution in [0.4, 0.5) is 0 Å². The molecule has 6 heteroatoms. The van der Waals surface area contributed by atoms with Crippen LogP contribution in [0.2, 0.25) is 0 Å². The maximum atomic E-state index is 12.5. The summed E-state index contributed by atoms with van der Waals surface area (Å²) >= 11 is 0. The number of hydrogen-bond donors (Lipinski definition) is 0. The molecule has 0 heterocycles. The lowest BCUT2D eigenvalue weighted by Crippen LogP contribution is -2.30. The molecule has 0 aromatic heterocycles. The molecule has 308 valence electrons. The van der Waals surface area contributed by atoms with Crippen LogP contribution in [-0.4, -0.2) is 37.2 Å². The van der Waals surface area contributed by atoms with Gasteiger partial charge in [-0.25, -0.2) is 0 Å². The van der Waals surface area contributed by atoms with Crippen molar-refractivity contribution in [3.8, 4) is 0 Å². The minimum absolute atomic E-state index is 0.0660. The Hall–Kier alpha value is -1.59. The Bertz CT molecular complexity index is 783. The van der Waals surface area contributed by atoms with E-state index in [2.05, 4.69) is 27.7 Å². The Kier molecular flexibility index (Phi) is 39.4. The highest BCUT2D eigenvalue weighted by Gasteiger charge is 2.19. The van der Waals surface area contributed by atoms with Gasteiger partial charge in [0.2, 0.25) is 0 Å². The molecule has 1 unspecified atom stereocenters. The van der Waals surface area contributed by atoms with Crippen molar-refractivity contribution in [3.63, 3.8) is 0 Å². The van der Waals surface area contributed by atoms with E-state index in [0.29, 0.717) is 19.3 Å². The van der Waals surface area contributed by atoms with Crippen molar-refractivity contribution in [1.29, 1.82) is 0 Å². The molecule has 0 aromatic carbocycles. The van der Waals surface area contributed by atoms with Gasteiger partial charge in [-0.2, -0.15) is 0 Å². The molecule has 0 aromatic rings. The largest absolute Gasteiger partial charge is 0.462 e. The maximum absolute atomic E-state index is 12.5. The quantitative estimate of drug-likeness (QED) is 0.0353. The van der Waals surface area contributed by atoms with Gasteiger partial charge in [-0.15, -0.1) is 0 Å². The number of hydrogen-bond acceptors (Lipinski definition) is 6. The molecular formula is C46H88O6. The molecule has 6 nitrogen and oxygen atoms in total. The van der Waals surface area contributed by atoms with Gasteiger partial charge < -0.3 is 14.2 Å². The molecule has 0 saturated carbocycles. The summed E-state index contributed by atoms with van der Waals surface area (Å²) in [6.45, 7) is 8.89. The first-order valence-corrected chi connectivity index (χ1v) is 22.9. The van der Waals surface area contributed by atoms with Gasteiger partial charge in [0.05, 0.1) is 0 Å². The fourth-order valence-corrected chi connectivity index (χ4v) is 6.77. The smallest absolute Gasteiger partial charge is 0.306 e. The lowest BCUT2D eigenvalue weighted by atomic mass is 10.00. The molecule has 0 amide bonds. The van der Waals surface area contributed by atoms with Gasteiger partial charge in [0, 0.05) is 19.3 Å². The number of ether oxygens (including phenoxy) is 3. The van der Waals surface area contributed by atoms with Crippen molar-refractivity contribution < 1.29 is 28.6 Å². The standard InChI is InChI=1S/C46H88O6/c1-5-8-10-12-13-14-15-16-17-18-19-20-21-22-23-24-25-30-33-37-44(47)50-40-43(52-46(49)39-35-28-11-9-6-2)41-51-45(48)38-34-31-27-26-29-32-36-42(4)7-3/h42-43H,5-41H2,1-4H3/t42?,43-/m0/s1. The van der Waals surface area contributed by atoms with E-state index in [4.69, 9.17) is 14.2 Å². The normalized spacial score (nSPS) is 12.5. The van der Waals surface area contributed by atoms with Crippen LogP contribution in [0, 0.1) is 5.92 Å². The molecule has 0 rings (SSSR count). The zero-order valence-corrected chi connectivity index (χ0v) is 35.3. The number of esters is 3. The highest BCUT2D eigenvalue weighted by atomic mass is 16.6. The average molecular weight is 737 g/mol. The van der Waals surface area contributed by atoms with Crippen LogP contribution in [0.5, 0.6) is 0 Å². The average Bonchev–Trinajstić information content (AvgIpc) is 3.14. The molecule has 0 saturated heterocycles. The molecule has 0 aliphatic carbocycles. The highest BCUT2D eigenvalue weighted by molar-refractivity contribution is 5.71. The number of rotatable bonds is 41. The van der Waals surface area contributed by atoms with E-state index in [0.717, 1.165) is 70.1 Å². The van der Waals surface area contributed by atoms with Crippen molar-refractivity contribution >= 4 is 17.9 Å². The van der Waals surface area contributed by atoms with Crippen molar-refractivity contribution in [3.05, 3.63) is 0 Å². The second-order valence-corrected chi connectivity index (χ2v) is 15.9. The third kappa shape index (κ3) is 38.1. The van der Waals surface area contributed by atoms with Gasteiger partial charge in [-0.05, 0) is 25.2 Å². The van der Waals surface area contributed by atoms with Crippen molar-refractivity contribution in [2.24, 2.45) is 5.92 Å².